The summed E-state index contributed by atoms with van der Waals surface area (Å²) in [7, 11) is 0. The second-order valence-electron chi connectivity index (χ2n) is 3.64. The van der Waals surface area contributed by atoms with E-state index in [2.05, 4.69) is 6.58 Å². The van der Waals surface area contributed by atoms with Crippen LogP contribution in [0.3, 0.4) is 0 Å². The van der Waals surface area contributed by atoms with Gasteiger partial charge in [0.1, 0.15) is 6.10 Å². The van der Waals surface area contributed by atoms with Crippen LogP contribution in [0.5, 0.6) is 0 Å². The molecular formula is C9H12O4. The summed E-state index contributed by atoms with van der Waals surface area (Å²) in [6, 6.07) is 0. The summed E-state index contributed by atoms with van der Waals surface area (Å²) in [5, 5.41) is 8.52. The van der Waals surface area contributed by atoms with E-state index in [4.69, 9.17) is 9.84 Å². The molecule has 4 nitrogen and oxygen atoms in total. The van der Waals surface area contributed by atoms with Gasteiger partial charge in [-0.3, -0.25) is 9.59 Å². The quantitative estimate of drug-likeness (QED) is 0.513. The summed E-state index contributed by atoms with van der Waals surface area (Å²) >= 11 is 0. The third kappa shape index (κ3) is 1.56. The van der Waals surface area contributed by atoms with Crippen molar-refractivity contribution in [3.63, 3.8) is 0 Å². The highest BCUT2D eigenvalue weighted by atomic mass is 16.6. The fraction of sp³-hybridized carbons (Fsp3) is 0.556. The van der Waals surface area contributed by atoms with Crippen LogP contribution in [0.2, 0.25) is 0 Å². The lowest BCUT2D eigenvalue weighted by atomic mass is 9.84. The fourth-order valence-corrected chi connectivity index (χ4v) is 1.20. The number of cyclic esters (lactones) is 1. The molecule has 0 amide bonds. The number of hydrogen-bond acceptors (Lipinski definition) is 3. The van der Waals surface area contributed by atoms with Gasteiger partial charge in [-0.15, -0.1) is 0 Å². The van der Waals surface area contributed by atoms with Gasteiger partial charge in [0.05, 0.1) is 11.8 Å². The summed E-state index contributed by atoms with van der Waals surface area (Å²) < 4.78 is 4.88. The number of carboxylic acids is 1. The van der Waals surface area contributed by atoms with Crippen molar-refractivity contribution >= 4 is 11.9 Å². The largest absolute Gasteiger partial charge is 0.481 e. The minimum Gasteiger partial charge on any atom is -0.481 e. The van der Waals surface area contributed by atoms with Crippen LogP contribution in [0.25, 0.3) is 0 Å². The van der Waals surface area contributed by atoms with Crippen LogP contribution in [0.4, 0.5) is 0 Å². The molecule has 4 heteroatoms. The Labute approximate surface area is 76.2 Å². The molecule has 0 unspecified atom stereocenters. The van der Waals surface area contributed by atoms with E-state index in [1.165, 1.54) is 0 Å². The standard InChI is InChI=1S/C9H12O4/c1-5-6(4-7(10)11)13-8(12)9(5,2)3/h6H,1,4H2,2-3H3,(H,10,11)/t6-/m0/s1. The average Bonchev–Trinajstić information content (AvgIpc) is 2.15. The van der Waals surface area contributed by atoms with E-state index in [1.807, 2.05) is 0 Å². The molecule has 72 valence electrons. The summed E-state index contributed by atoms with van der Waals surface area (Å²) in [6.07, 6.45) is -0.867. The Hall–Kier alpha value is -1.32. The number of carboxylic acid groups (broad SMARTS) is 1. The third-order valence-corrected chi connectivity index (χ3v) is 2.31. The zero-order chi connectivity index (χ0) is 10.2. The molecule has 1 N–H and O–H groups in total. The molecule has 0 aromatic heterocycles. The van der Waals surface area contributed by atoms with Crippen molar-refractivity contribution < 1.29 is 19.4 Å². The van der Waals surface area contributed by atoms with Crippen LogP contribution in [0.15, 0.2) is 12.2 Å². The van der Waals surface area contributed by atoms with E-state index in [-0.39, 0.29) is 6.42 Å². The molecule has 1 rings (SSSR count). The summed E-state index contributed by atoms with van der Waals surface area (Å²) in [5.41, 5.74) is -0.208. The summed E-state index contributed by atoms with van der Waals surface area (Å²) in [5.74, 6) is -1.39. The SMILES string of the molecule is C=C1[C@H](CC(=O)O)OC(=O)C1(C)C. The monoisotopic (exact) mass is 184 g/mol. The van der Waals surface area contributed by atoms with Crippen LogP contribution in [-0.2, 0) is 14.3 Å². The molecule has 1 fully saturated rings. The van der Waals surface area contributed by atoms with Gasteiger partial charge >= 0.3 is 11.9 Å². The topological polar surface area (TPSA) is 63.6 Å². The maximum absolute atomic E-state index is 11.2. The third-order valence-electron chi connectivity index (χ3n) is 2.31. The lowest BCUT2D eigenvalue weighted by molar-refractivity contribution is -0.149. The van der Waals surface area contributed by atoms with Crippen molar-refractivity contribution in [3.05, 3.63) is 12.2 Å². The lowest BCUT2D eigenvalue weighted by Crippen LogP contribution is -2.19. The van der Waals surface area contributed by atoms with Crippen LogP contribution in [0, 0.1) is 5.41 Å². The Morgan fingerprint density at radius 1 is 1.69 bits per heavy atom. The summed E-state index contributed by atoms with van der Waals surface area (Å²) in [6.45, 7) is 7.04. The summed E-state index contributed by atoms with van der Waals surface area (Å²) in [4.78, 5) is 21.6. The number of rotatable bonds is 2. The number of esters is 1. The molecule has 0 bridgehead atoms. The number of carbonyl (C=O) groups is 2. The molecule has 13 heavy (non-hydrogen) atoms. The lowest BCUT2D eigenvalue weighted by Gasteiger charge is -2.13. The van der Waals surface area contributed by atoms with E-state index in [1.54, 1.807) is 13.8 Å². The van der Waals surface area contributed by atoms with Gasteiger partial charge in [-0.2, -0.15) is 0 Å². The molecule has 0 aromatic carbocycles. The molecule has 0 radical (unpaired) electrons. The van der Waals surface area contributed by atoms with Crippen LogP contribution < -0.4 is 0 Å². The molecule has 0 spiro atoms. The Morgan fingerprint density at radius 3 is 2.54 bits per heavy atom. The predicted molar refractivity (Wildman–Crippen MR) is 45.1 cm³/mol. The normalized spacial score (nSPS) is 25.8. The highest BCUT2D eigenvalue weighted by Gasteiger charge is 2.45. The van der Waals surface area contributed by atoms with Crippen molar-refractivity contribution in [3.8, 4) is 0 Å². The maximum atomic E-state index is 11.2. The van der Waals surface area contributed by atoms with Crippen molar-refractivity contribution in [2.45, 2.75) is 26.4 Å². The molecule has 0 saturated carbocycles. The van der Waals surface area contributed by atoms with Crippen molar-refractivity contribution in [2.24, 2.45) is 5.41 Å². The Morgan fingerprint density at radius 2 is 2.23 bits per heavy atom. The van der Waals surface area contributed by atoms with Crippen LogP contribution in [0.1, 0.15) is 20.3 Å². The predicted octanol–water partition coefficient (Wildman–Crippen LogP) is 0.969. The second-order valence-corrected chi connectivity index (χ2v) is 3.64. The van der Waals surface area contributed by atoms with Crippen LogP contribution in [-0.4, -0.2) is 23.1 Å². The smallest absolute Gasteiger partial charge is 0.316 e. The Balaban J connectivity index is 2.80. The van der Waals surface area contributed by atoms with Gasteiger partial charge in [0.15, 0.2) is 0 Å². The van der Waals surface area contributed by atoms with E-state index in [0.717, 1.165) is 0 Å². The first-order valence-electron chi connectivity index (χ1n) is 3.98. The number of carbonyl (C=O) groups excluding carboxylic acids is 1. The highest BCUT2D eigenvalue weighted by Crippen LogP contribution is 2.38. The first kappa shape index (κ1) is 9.77. The minimum absolute atomic E-state index is 0.200. The zero-order valence-electron chi connectivity index (χ0n) is 7.66. The molecule has 1 saturated heterocycles. The van der Waals surface area contributed by atoms with Crippen LogP contribution >= 0.6 is 0 Å². The second kappa shape index (κ2) is 2.87. The van der Waals surface area contributed by atoms with Gasteiger partial charge in [-0.25, -0.2) is 0 Å². The Bertz CT molecular complexity index is 277. The molecule has 0 aromatic rings. The van der Waals surface area contributed by atoms with Gasteiger partial charge in [0, 0.05) is 0 Å². The highest BCUT2D eigenvalue weighted by molar-refractivity contribution is 5.84. The molecule has 1 atom stereocenters. The minimum atomic E-state index is -0.989. The fourth-order valence-electron chi connectivity index (χ4n) is 1.20. The van der Waals surface area contributed by atoms with Gasteiger partial charge < -0.3 is 9.84 Å². The molecule has 1 aliphatic heterocycles. The number of aliphatic carboxylic acids is 1. The zero-order valence-corrected chi connectivity index (χ0v) is 7.66. The number of ether oxygens (including phenoxy) is 1. The van der Waals surface area contributed by atoms with Gasteiger partial charge in [-0.05, 0) is 19.4 Å². The van der Waals surface area contributed by atoms with Gasteiger partial charge in [0.25, 0.3) is 0 Å². The van der Waals surface area contributed by atoms with E-state index < -0.39 is 23.5 Å². The number of hydrogen-bond donors (Lipinski definition) is 1. The van der Waals surface area contributed by atoms with Gasteiger partial charge in [-0.1, -0.05) is 6.58 Å². The molecular weight excluding hydrogens is 172 g/mol. The Kier molecular flexibility index (Phi) is 2.15. The van der Waals surface area contributed by atoms with Crippen molar-refractivity contribution in [2.75, 3.05) is 0 Å². The van der Waals surface area contributed by atoms with E-state index >= 15 is 0 Å². The molecule has 0 aliphatic carbocycles. The van der Waals surface area contributed by atoms with E-state index in [9.17, 15) is 9.59 Å². The maximum Gasteiger partial charge on any atom is 0.316 e. The average molecular weight is 184 g/mol. The molecule has 1 aliphatic rings. The van der Waals surface area contributed by atoms with Crippen molar-refractivity contribution in [1.29, 1.82) is 0 Å². The van der Waals surface area contributed by atoms with E-state index in [0.29, 0.717) is 5.57 Å². The van der Waals surface area contributed by atoms with Crippen molar-refractivity contribution in [1.82, 2.24) is 0 Å². The molecule has 1 heterocycles. The first-order chi connectivity index (χ1) is 5.85. The van der Waals surface area contributed by atoms with Gasteiger partial charge in [0.2, 0.25) is 0 Å². The first-order valence-corrected chi connectivity index (χ1v) is 3.98.